The fourth-order valence-corrected chi connectivity index (χ4v) is 3.49. The molecule has 0 aromatic carbocycles. The zero-order chi connectivity index (χ0) is 20.0. The van der Waals surface area contributed by atoms with Gasteiger partial charge in [0.1, 0.15) is 0 Å². The van der Waals surface area contributed by atoms with Gasteiger partial charge in [0, 0.05) is 23.5 Å². The van der Waals surface area contributed by atoms with E-state index in [9.17, 15) is 9.59 Å². The number of hydrogen-bond donors (Lipinski definition) is 0. The summed E-state index contributed by atoms with van der Waals surface area (Å²) in [6.45, 7) is 0.995. The van der Waals surface area contributed by atoms with Crippen LogP contribution in [0.25, 0.3) is 0 Å². The molecule has 0 aromatic rings. The second-order valence-electron chi connectivity index (χ2n) is 6.92. The number of hydrogen-bond acceptors (Lipinski definition) is 4. The van der Waals surface area contributed by atoms with Gasteiger partial charge in [-0.05, 0) is 32.1 Å². The van der Waals surface area contributed by atoms with Crippen LogP contribution in [0.1, 0.15) is 96.3 Å². The summed E-state index contributed by atoms with van der Waals surface area (Å²) in [6, 6.07) is 0. The largest absolute Gasteiger partial charge is 0.466 e. The van der Waals surface area contributed by atoms with Gasteiger partial charge >= 0.3 is 11.9 Å². The zero-order valence-electron chi connectivity index (χ0n) is 16.8. The van der Waals surface area contributed by atoms with Crippen molar-refractivity contribution in [2.75, 3.05) is 23.9 Å². The summed E-state index contributed by atoms with van der Waals surface area (Å²) in [5.41, 5.74) is 0. The van der Waals surface area contributed by atoms with Crippen LogP contribution in [-0.4, -0.2) is 35.8 Å². The second-order valence-corrected chi connectivity index (χ2v) is 8.50. The van der Waals surface area contributed by atoms with Crippen LogP contribution in [0.2, 0.25) is 0 Å². The highest BCUT2D eigenvalue weighted by molar-refractivity contribution is 9.09. The molecule has 4 nitrogen and oxygen atoms in total. The molecule has 0 rings (SSSR count). The van der Waals surface area contributed by atoms with Gasteiger partial charge in [-0.15, -0.1) is 0 Å². The Bertz CT molecular complexity index is 319. The van der Waals surface area contributed by atoms with Crippen LogP contribution in [0, 0.1) is 0 Å². The first-order chi connectivity index (χ1) is 13.2. The Kier molecular flexibility index (Phi) is 22.1. The fourth-order valence-electron chi connectivity index (χ4n) is 2.70. The summed E-state index contributed by atoms with van der Waals surface area (Å²) >= 11 is 6.86. The summed E-state index contributed by atoms with van der Waals surface area (Å²) in [5.74, 6) is -0.406. The third-order valence-electron chi connectivity index (χ3n) is 4.34. The molecule has 0 atom stereocenters. The fraction of sp³-hybridized carbons (Fsp3) is 0.905. The van der Waals surface area contributed by atoms with Crippen molar-refractivity contribution in [3.63, 3.8) is 0 Å². The molecule has 0 amide bonds. The number of ether oxygens (including phenoxy) is 2. The molecule has 0 radical (unpaired) electrons. The van der Waals surface area contributed by atoms with E-state index in [-0.39, 0.29) is 11.9 Å². The quantitative estimate of drug-likeness (QED) is 0.103. The highest BCUT2D eigenvalue weighted by atomic mass is 79.9. The third-order valence-corrected chi connectivity index (χ3v) is 5.47. The van der Waals surface area contributed by atoms with Crippen molar-refractivity contribution in [1.82, 2.24) is 0 Å². The van der Waals surface area contributed by atoms with Crippen LogP contribution in [-0.2, 0) is 19.1 Å². The minimum Gasteiger partial charge on any atom is -0.466 e. The molecule has 0 N–H and O–H groups in total. The SMILES string of the molecule is O=C(CCCC(=O)OCCCCCCCCBr)OCCCCCCCCBr. The number of alkyl halides is 2. The summed E-state index contributed by atoms with van der Waals surface area (Å²) in [7, 11) is 0. The molecule has 0 aliphatic rings. The van der Waals surface area contributed by atoms with Crippen molar-refractivity contribution in [3.8, 4) is 0 Å². The molecule has 0 heterocycles. The van der Waals surface area contributed by atoms with Gasteiger partial charge in [-0.2, -0.15) is 0 Å². The number of rotatable bonds is 20. The summed E-state index contributed by atoms with van der Waals surface area (Å²) < 4.78 is 10.4. The first-order valence-electron chi connectivity index (χ1n) is 10.6. The Labute approximate surface area is 182 Å². The summed E-state index contributed by atoms with van der Waals surface area (Å²) in [6.07, 6.45) is 15.1. The van der Waals surface area contributed by atoms with Gasteiger partial charge in [0.25, 0.3) is 0 Å². The molecule has 0 saturated carbocycles. The van der Waals surface area contributed by atoms with Crippen molar-refractivity contribution < 1.29 is 19.1 Å². The Morgan fingerprint density at radius 3 is 1.19 bits per heavy atom. The normalized spacial score (nSPS) is 10.7. The minimum atomic E-state index is -0.203. The molecule has 160 valence electrons. The molecule has 0 fully saturated rings. The number of unbranched alkanes of at least 4 members (excludes halogenated alkanes) is 10. The van der Waals surface area contributed by atoms with Crippen LogP contribution < -0.4 is 0 Å². The maximum atomic E-state index is 11.6. The smallest absolute Gasteiger partial charge is 0.305 e. The molecule has 0 saturated heterocycles. The lowest BCUT2D eigenvalue weighted by molar-refractivity contribution is -0.145. The third kappa shape index (κ3) is 22.1. The van der Waals surface area contributed by atoms with E-state index in [1.54, 1.807) is 0 Å². The summed E-state index contributed by atoms with van der Waals surface area (Å²) in [5, 5.41) is 2.16. The molecule has 0 bridgehead atoms. The minimum absolute atomic E-state index is 0.203. The van der Waals surface area contributed by atoms with Crippen molar-refractivity contribution in [3.05, 3.63) is 0 Å². The predicted octanol–water partition coefficient (Wildman–Crippen LogP) is 6.71. The van der Waals surface area contributed by atoms with Gasteiger partial charge in [-0.1, -0.05) is 83.2 Å². The Morgan fingerprint density at radius 2 is 0.815 bits per heavy atom. The lowest BCUT2D eigenvalue weighted by Crippen LogP contribution is -2.09. The van der Waals surface area contributed by atoms with Crippen molar-refractivity contribution in [1.29, 1.82) is 0 Å². The zero-order valence-corrected chi connectivity index (χ0v) is 20.0. The lowest BCUT2D eigenvalue weighted by atomic mass is 10.1. The van der Waals surface area contributed by atoms with Gasteiger partial charge in [-0.25, -0.2) is 0 Å². The van der Waals surface area contributed by atoms with E-state index in [1.165, 1.54) is 51.4 Å². The van der Waals surface area contributed by atoms with E-state index in [4.69, 9.17) is 9.47 Å². The molecule has 0 aromatic heterocycles. The molecule has 0 unspecified atom stereocenters. The van der Waals surface area contributed by atoms with Crippen molar-refractivity contribution in [2.24, 2.45) is 0 Å². The van der Waals surface area contributed by atoms with Gasteiger partial charge in [-0.3, -0.25) is 9.59 Å². The predicted molar refractivity (Wildman–Crippen MR) is 119 cm³/mol. The first-order valence-corrected chi connectivity index (χ1v) is 12.9. The standard InChI is InChI=1S/C21H38Br2O4/c22-16-9-5-1-3-7-11-18-26-20(24)14-13-15-21(25)27-19-12-8-4-2-6-10-17-23/h1-19H2. The van der Waals surface area contributed by atoms with E-state index in [0.29, 0.717) is 32.5 Å². The molecular formula is C21H38Br2O4. The molecule has 0 aliphatic heterocycles. The van der Waals surface area contributed by atoms with Gasteiger partial charge in [0.2, 0.25) is 0 Å². The first kappa shape index (κ1) is 26.9. The molecule has 6 heteroatoms. The van der Waals surface area contributed by atoms with E-state index in [2.05, 4.69) is 31.9 Å². The van der Waals surface area contributed by atoms with Crippen LogP contribution in [0.4, 0.5) is 0 Å². The Balaban J connectivity index is 3.31. The Hall–Kier alpha value is -0.100. The lowest BCUT2D eigenvalue weighted by Gasteiger charge is -2.06. The van der Waals surface area contributed by atoms with E-state index >= 15 is 0 Å². The number of carbonyl (C=O) groups excluding carboxylic acids is 2. The van der Waals surface area contributed by atoms with Gasteiger partial charge in [0.15, 0.2) is 0 Å². The maximum absolute atomic E-state index is 11.6. The van der Waals surface area contributed by atoms with Crippen LogP contribution >= 0.6 is 31.9 Å². The monoisotopic (exact) mass is 512 g/mol. The van der Waals surface area contributed by atoms with Crippen LogP contribution in [0.5, 0.6) is 0 Å². The van der Waals surface area contributed by atoms with Gasteiger partial charge in [0.05, 0.1) is 13.2 Å². The molecule has 27 heavy (non-hydrogen) atoms. The average molecular weight is 514 g/mol. The number of esters is 2. The van der Waals surface area contributed by atoms with Crippen LogP contribution in [0.15, 0.2) is 0 Å². The van der Waals surface area contributed by atoms with Crippen LogP contribution in [0.3, 0.4) is 0 Å². The number of carbonyl (C=O) groups is 2. The van der Waals surface area contributed by atoms with Crippen molar-refractivity contribution in [2.45, 2.75) is 96.3 Å². The maximum Gasteiger partial charge on any atom is 0.305 e. The van der Waals surface area contributed by atoms with Crippen molar-refractivity contribution >= 4 is 43.8 Å². The number of halogens is 2. The summed E-state index contributed by atoms with van der Waals surface area (Å²) in [4.78, 5) is 23.2. The van der Waals surface area contributed by atoms with E-state index in [0.717, 1.165) is 36.3 Å². The average Bonchev–Trinajstić information content (AvgIpc) is 2.66. The molecular weight excluding hydrogens is 476 g/mol. The van der Waals surface area contributed by atoms with E-state index < -0.39 is 0 Å². The van der Waals surface area contributed by atoms with Gasteiger partial charge < -0.3 is 9.47 Å². The highest BCUT2D eigenvalue weighted by Gasteiger charge is 2.07. The molecule has 0 spiro atoms. The van der Waals surface area contributed by atoms with E-state index in [1.807, 2.05) is 0 Å². The second kappa shape index (κ2) is 22.2. The topological polar surface area (TPSA) is 52.6 Å². The Morgan fingerprint density at radius 1 is 0.481 bits per heavy atom. The highest BCUT2D eigenvalue weighted by Crippen LogP contribution is 2.08. The molecule has 0 aliphatic carbocycles.